The van der Waals surface area contributed by atoms with Gasteiger partial charge in [0.2, 0.25) is 0 Å². The molecule has 3 N–H and O–H groups in total. The molecule has 2 aromatic carbocycles. The number of hydrogen-bond donors (Lipinski definition) is 3. The summed E-state index contributed by atoms with van der Waals surface area (Å²) in [4.78, 5) is 5.18. The van der Waals surface area contributed by atoms with Gasteiger partial charge in [0.15, 0.2) is 5.96 Å². The first kappa shape index (κ1) is 20.7. The Hall–Kier alpha value is -1.64. The van der Waals surface area contributed by atoms with Crippen molar-refractivity contribution in [2.24, 2.45) is 4.99 Å². The van der Waals surface area contributed by atoms with Gasteiger partial charge in [-0.25, -0.2) is 0 Å². The first-order valence-corrected chi connectivity index (χ1v) is 9.23. The second-order valence-corrected chi connectivity index (χ2v) is 6.93. The zero-order valence-corrected chi connectivity index (χ0v) is 17.8. The van der Waals surface area contributed by atoms with Crippen LogP contribution in [0.2, 0.25) is 0 Å². The monoisotopic (exact) mass is 481 g/mol. The number of nitrogens with zero attached hydrogens (tertiary/aromatic N) is 1. The number of aliphatic hydroxyl groups is 1. The van der Waals surface area contributed by atoms with E-state index in [4.69, 9.17) is 0 Å². The molecule has 26 heavy (non-hydrogen) atoms. The van der Waals surface area contributed by atoms with Crippen LogP contribution in [0.5, 0.6) is 0 Å². The first-order chi connectivity index (χ1) is 12.3. The number of hydrogen-bond acceptors (Lipinski definition) is 3. The van der Waals surface area contributed by atoms with Crippen molar-refractivity contribution in [3.8, 4) is 0 Å². The van der Waals surface area contributed by atoms with E-state index in [-0.39, 0.29) is 24.0 Å². The van der Waals surface area contributed by atoms with Crippen LogP contribution in [0.3, 0.4) is 0 Å². The predicted molar refractivity (Wildman–Crippen MR) is 122 cm³/mol. The van der Waals surface area contributed by atoms with E-state index in [0.717, 1.165) is 17.8 Å². The average Bonchev–Trinajstić information content (AvgIpc) is 3.09. The van der Waals surface area contributed by atoms with Gasteiger partial charge in [-0.05, 0) is 29.5 Å². The summed E-state index contributed by atoms with van der Waals surface area (Å²) in [5.41, 5.74) is 1.29. The number of benzene rings is 2. The van der Waals surface area contributed by atoms with Crippen molar-refractivity contribution in [2.75, 3.05) is 20.1 Å². The number of rotatable bonds is 6. The zero-order valence-electron chi connectivity index (χ0n) is 14.7. The van der Waals surface area contributed by atoms with Crippen molar-refractivity contribution in [2.45, 2.75) is 12.5 Å². The van der Waals surface area contributed by atoms with Crippen molar-refractivity contribution < 1.29 is 5.11 Å². The number of thiophene rings is 1. The van der Waals surface area contributed by atoms with E-state index >= 15 is 0 Å². The fraction of sp³-hybridized carbons (Fsp3) is 0.250. The summed E-state index contributed by atoms with van der Waals surface area (Å²) in [5.74, 6) is 0.705. The van der Waals surface area contributed by atoms with E-state index in [1.54, 1.807) is 18.4 Å². The number of guanidine groups is 1. The third-order valence-corrected chi connectivity index (χ3v) is 5.23. The molecule has 6 heteroatoms. The molecule has 3 aromatic rings. The van der Waals surface area contributed by atoms with Crippen LogP contribution >= 0.6 is 35.3 Å². The van der Waals surface area contributed by atoms with Crippen molar-refractivity contribution in [1.82, 2.24) is 10.6 Å². The Labute approximate surface area is 175 Å². The van der Waals surface area contributed by atoms with E-state index < -0.39 is 6.10 Å². The van der Waals surface area contributed by atoms with Gasteiger partial charge in [0.1, 0.15) is 6.10 Å². The minimum absolute atomic E-state index is 0. The molecule has 1 atom stereocenters. The van der Waals surface area contributed by atoms with E-state index in [1.807, 2.05) is 30.3 Å². The summed E-state index contributed by atoms with van der Waals surface area (Å²) in [5, 5.41) is 18.1. The van der Waals surface area contributed by atoms with Crippen LogP contribution in [0.25, 0.3) is 10.1 Å². The smallest absolute Gasteiger partial charge is 0.191 e. The fourth-order valence-electron chi connectivity index (χ4n) is 2.65. The number of aliphatic hydroxyl groups excluding tert-OH is 1. The summed E-state index contributed by atoms with van der Waals surface area (Å²) < 4.78 is 1.20. The van der Waals surface area contributed by atoms with Crippen LogP contribution in [0.4, 0.5) is 0 Å². The second-order valence-electron chi connectivity index (χ2n) is 5.82. The molecule has 0 bridgehead atoms. The third-order valence-electron chi connectivity index (χ3n) is 4.01. The van der Waals surface area contributed by atoms with Crippen LogP contribution in [0.15, 0.2) is 65.7 Å². The molecule has 1 unspecified atom stereocenters. The van der Waals surface area contributed by atoms with Crippen LogP contribution in [0, 0.1) is 0 Å². The minimum Gasteiger partial charge on any atom is -0.386 e. The van der Waals surface area contributed by atoms with Gasteiger partial charge in [-0.2, -0.15) is 0 Å². The molecule has 138 valence electrons. The molecule has 0 amide bonds. The van der Waals surface area contributed by atoms with Crippen LogP contribution in [-0.2, 0) is 6.42 Å². The summed E-state index contributed by atoms with van der Waals surface area (Å²) in [6, 6.07) is 20.6. The molecule has 3 rings (SSSR count). The van der Waals surface area contributed by atoms with Gasteiger partial charge in [-0.15, -0.1) is 35.3 Å². The molecule has 0 saturated carbocycles. The molecule has 0 fully saturated rings. The van der Waals surface area contributed by atoms with Gasteiger partial charge in [0.25, 0.3) is 0 Å². The highest BCUT2D eigenvalue weighted by Crippen LogP contribution is 2.29. The lowest BCUT2D eigenvalue weighted by Gasteiger charge is -2.14. The summed E-state index contributed by atoms with van der Waals surface area (Å²) in [7, 11) is 1.74. The number of fused-ring (bicyclic) bond motifs is 1. The van der Waals surface area contributed by atoms with Gasteiger partial charge < -0.3 is 15.7 Å². The minimum atomic E-state index is -0.551. The maximum atomic E-state index is 10.4. The number of nitrogens with one attached hydrogen (secondary N) is 2. The highest BCUT2D eigenvalue weighted by atomic mass is 127. The van der Waals surface area contributed by atoms with Gasteiger partial charge in [0, 0.05) is 29.7 Å². The Morgan fingerprint density at radius 3 is 2.54 bits per heavy atom. The van der Waals surface area contributed by atoms with Crippen LogP contribution in [0.1, 0.15) is 16.5 Å². The Morgan fingerprint density at radius 1 is 1.08 bits per heavy atom. The van der Waals surface area contributed by atoms with Crippen molar-refractivity contribution in [3.63, 3.8) is 0 Å². The van der Waals surface area contributed by atoms with Gasteiger partial charge in [-0.1, -0.05) is 48.5 Å². The van der Waals surface area contributed by atoms with Crippen LogP contribution < -0.4 is 10.6 Å². The molecule has 0 aliphatic carbocycles. The maximum absolute atomic E-state index is 10.4. The molecule has 0 radical (unpaired) electrons. The highest BCUT2D eigenvalue weighted by Gasteiger charge is 2.12. The SMILES string of the molecule is CN=C(NCCc1ccccc1)NCC(O)c1cc2ccccc2s1.I. The molecule has 1 aromatic heterocycles. The molecule has 1 heterocycles. The van der Waals surface area contributed by atoms with Gasteiger partial charge in [-0.3, -0.25) is 4.99 Å². The lowest BCUT2D eigenvalue weighted by molar-refractivity contribution is 0.184. The normalized spacial score (nSPS) is 12.5. The van der Waals surface area contributed by atoms with E-state index in [0.29, 0.717) is 12.5 Å². The molecule has 0 spiro atoms. The maximum Gasteiger partial charge on any atom is 0.191 e. The second kappa shape index (κ2) is 10.5. The average molecular weight is 481 g/mol. The van der Waals surface area contributed by atoms with E-state index in [2.05, 4.69) is 46.0 Å². The topological polar surface area (TPSA) is 56.7 Å². The lowest BCUT2D eigenvalue weighted by atomic mass is 10.1. The number of aliphatic imine (C=N–C) groups is 1. The standard InChI is InChI=1S/C20H23N3OS.HI/c1-21-20(22-12-11-15-7-3-2-4-8-15)23-14-17(24)19-13-16-9-5-6-10-18(16)25-19;/h2-10,13,17,24H,11-12,14H2,1H3,(H2,21,22,23);1H. The molecular formula is C20H24IN3OS. The number of halogens is 1. The molecule has 0 aliphatic rings. The molecule has 4 nitrogen and oxygen atoms in total. The molecule has 0 saturated heterocycles. The zero-order chi connectivity index (χ0) is 17.5. The van der Waals surface area contributed by atoms with Crippen molar-refractivity contribution in [3.05, 3.63) is 71.1 Å². The lowest BCUT2D eigenvalue weighted by Crippen LogP contribution is -2.40. The van der Waals surface area contributed by atoms with Crippen molar-refractivity contribution in [1.29, 1.82) is 0 Å². The highest BCUT2D eigenvalue weighted by molar-refractivity contribution is 14.0. The summed E-state index contributed by atoms with van der Waals surface area (Å²) >= 11 is 1.63. The van der Waals surface area contributed by atoms with E-state index in [9.17, 15) is 5.11 Å². The summed E-state index contributed by atoms with van der Waals surface area (Å²) in [6.45, 7) is 1.22. The Bertz CT molecular complexity index is 802. The third kappa shape index (κ3) is 5.69. The quantitative estimate of drug-likeness (QED) is 0.284. The molecular weight excluding hydrogens is 457 g/mol. The van der Waals surface area contributed by atoms with Gasteiger partial charge in [0.05, 0.1) is 0 Å². The van der Waals surface area contributed by atoms with Gasteiger partial charge >= 0.3 is 0 Å². The van der Waals surface area contributed by atoms with E-state index in [1.165, 1.54) is 15.6 Å². The Morgan fingerprint density at radius 2 is 1.81 bits per heavy atom. The van der Waals surface area contributed by atoms with Crippen molar-refractivity contribution >= 4 is 51.4 Å². The first-order valence-electron chi connectivity index (χ1n) is 8.41. The predicted octanol–water partition coefficient (Wildman–Crippen LogP) is 3.96. The Balaban J connectivity index is 0.00000243. The fourth-order valence-corrected chi connectivity index (χ4v) is 3.70. The molecule has 0 aliphatic heterocycles. The van der Waals surface area contributed by atoms with Crippen LogP contribution in [-0.4, -0.2) is 31.2 Å². The Kier molecular flexibility index (Phi) is 8.34. The largest absolute Gasteiger partial charge is 0.386 e. The summed E-state index contributed by atoms with van der Waals surface area (Å²) in [6.07, 6.45) is 0.380.